The first kappa shape index (κ1) is 7.44. The van der Waals surface area contributed by atoms with E-state index in [1.165, 1.54) is 6.08 Å². The van der Waals surface area contributed by atoms with Crippen LogP contribution in [0.5, 0.6) is 0 Å². The molecule has 56 valence electrons. The molecule has 1 atom stereocenters. The monoisotopic (exact) mass is 142 g/mol. The first-order valence-electron chi connectivity index (χ1n) is 3.23. The van der Waals surface area contributed by atoms with Gasteiger partial charge in [0.15, 0.2) is 5.78 Å². The molecule has 0 aromatic rings. The second-order valence-electron chi connectivity index (χ2n) is 2.49. The van der Waals surface area contributed by atoms with Gasteiger partial charge in [-0.15, -0.1) is 0 Å². The molecule has 10 heavy (non-hydrogen) atoms. The summed E-state index contributed by atoms with van der Waals surface area (Å²) in [6.07, 6.45) is 4.01. The first-order valence-corrected chi connectivity index (χ1v) is 3.23. The molecule has 0 radical (unpaired) electrons. The minimum Gasteiger partial charge on any atom is -0.393 e. The Morgan fingerprint density at radius 2 is 2.40 bits per heavy atom. The van der Waals surface area contributed by atoms with Gasteiger partial charge in [-0.05, 0) is 18.9 Å². The Balaban J connectivity index is 2.77. The maximum absolute atomic E-state index is 10.9. The molecule has 0 aliphatic heterocycles. The van der Waals surface area contributed by atoms with Crippen molar-refractivity contribution in [3.05, 3.63) is 12.2 Å². The highest BCUT2D eigenvalue weighted by molar-refractivity contribution is 5.97. The van der Waals surface area contributed by atoms with Crippen LogP contribution < -0.4 is 0 Å². The lowest BCUT2D eigenvalue weighted by atomic mass is 9.89. The summed E-state index contributed by atoms with van der Waals surface area (Å²) in [4.78, 5) is 10.9. The van der Waals surface area contributed by atoms with Crippen LogP contribution in [0, 0.1) is 0 Å². The van der Waals surface area contributed by atoms with Gasteiger partial charge in [-0.2, -0.15) is 0 Å². The molecule has 1 aliphatic carbocycles. The number of hydrogen-bond donors (Lipinski definition) is 2. The number of aliphatic hydroxyl groups is 2. The SMILES string of the molecule is O=C1C=CCC[C@]1(O)CO. The van der Waals surface area contributed by atoms with Gasteiger partial charge in [-0.3, -0.25) is 4.79 Å². The largest absolute Gasteiger partial charge is 0.393 e. The summed E-state index contributed by atoms with van der Waals surface area (Å²) >= 11 is 0. The van der Waals surface area contributed by atoms with Crippen LogP contribution in [0.3, 0.4) is 0 Å². The normalized spacial score (nSPS) is 32.8. The Morgan fingerprint density at radius 3 is 2.80 bits per heavy atom. The highest BCUT2D eigenvalue weighted by Crippen LogP contribution is 2.18. The van der Waals surface area contributed by atoms with E-state index in [0.717, 1.165) is 0 Å². The highest BCUT2D eigenvalue weighted by Gasteiger charge is 2.34. The van der Waals surface area contributed by atoms with Crippen molar-refractivity contribution in [2.45, 2.75) is 18.4 Å². The number of aliphatic hydroxyl groups excluding tert-OH is 1. The Kier molecular flexibility index (Phi) is 1.87. The maximum Gasteiger partial charge on any atom is 0.189 e. The molecule has 0 saturated heterocycles. The van der Waals surface area contributed by atoms with Crippen molar-refractivity contribution in [2.24, 2.45) is 0 Å². The molecule has 0 aromatic heterocycles. The van der Waals surface area contributed by atoms with Gasteiger partial charge in [0.05, 0.1) is 6.61 Å². The average molecular weight is 142 g/mol. The Bertz CT molecular complexity index is 174. The third kappa shape index (κ3) is 1.10. The number of carbonyl (C=O) groups is 1. The van der Waals surface area contributed by atoms with E-state index in [-0.39, 0.29) is 5.78 Å². The van der Waals surface area contributed by atoms with Gasteiger partial charge in [0, 0.05) is 0 Å². The van der Waals surface area contributed by atoms with E-state index < -0.39 is 12.2 Å². The molecule has 0 fully saturated rings. The van der Waals surface area contributed by atoms with Crippen LogP contribution in [0.25, 0.3) is 0 Å². The molecule has 0 spiro atoms. The van der Waals surface area contributed by atoms with Gasteiger partial charge >= 0.3 is 0 Å². The van der Waals surface area contributed by atoms with E-state index in [1.54, 1.807) is 6.08 Å². The van der Waals surface area contributed by atoms with Crippen molar-refractivity contribution in [3.8, 4) is 0 Å². The quantitative estimate of drug-likeness (QED) is 0.525. The third-order valence-corrected chi connectivity index (χ3v) is 1.71. The smallest absolute Gasteiger partial charge is 0.189 e. The van der Waals surface area contributed by atoms with Crippen LogP contribution in [0.15, 0.2) is 12.2 Å². The second-order valence-corrected chi connectivity index (χ2v) is 2.49. The molecule has 3 nitrogen and oxygen atoms in total. The Labute approximate surface area is 59.0 Å². The van der Waals surface area contributed by atoms with Crippen molar-refractivity contribution >= 4 is 5.78 Å². The van der Waals surface area contributed by atoms with Gasteiger partial charge in [-0.1, -0.05) is 6.08 Å². The standard InChI is InChI=1S/C7H10O3/c8-5-7(10)4-2-1-3-6(7)9/h1,3,8,10H,2,4-5H2/t7-/m0/s1. The molecule has 0 unspecified atom stereocenters. The molecule has 2 N–H and O–H groups in total. The zero-order valence-electron chi connectivity index (χ0n) is 5.58. The van der Waals surface area contributed by atoms with Crippen molar-refractivity contribution < 1.29 is 15.0 Å². The van der Waals surface area contributed by atoms with Crippen molar-refractivity contribution in [1.29, 1.82) is 0 Å². The summed E-state index contributed by atoms with van der Waals surface area (Å²) in [6.45, 7) is -0.476. The van der Waals surface area contributed by atoms with Crippen molar-refractivity contribution in [2.75, 3.05) is 6.61 Å². The topological polar surface area (TPSA) is 57.5 Å². The predicted octanol–water partition coefficient (Wildman–Crippen LogP) is -0.371. The summed E-state index contributed by atoms with van der Waals surface area (Å²) < 4.78 is 0. The summed E-state index contributed by atoms with van der Waals surface area (Å²) in [7, 11) is 0. The van der Waals surface area contributed by atoms with Crippen LogP contribution in [-0.2, 0) is 4.79 Å². The maximum atomic E-state index is 10.9. The number of ketones is 1. The van der Waals surface area contributed by atoms with Crippen LogP contribution in [0.4, 0.5) is 0 Å². The van der Waals surface area contributed by atoms with Crippen LogP contribution in [0.2, 0.25) is 0 Å². The highest BCUT2D eigenvalue weighted by atomic mass is 16.3. The summed E-state index contributed by atoms with van der Waals surface area (Å²) in [6, 6.07) is 0. The van der Waals surface area contributed by atoms with Gasteiger partial charge in [0.1, 0.15) is 5.60 Å². The van der Waals surface area contributed by atoms with E-state index in [2.05, 4.69) is 0 Å². The molecule has 1 aliphatic rings. The summed E-state index contributed by atoms with van der Waals surface area (Å²) in [5.41, 5.74) is -1.49. The Morgan fingerprint density at radius 1 is 1.70 bits per heavy atom. The van der Waals surface area contributed by atoms with Gasteiger partial charge < -0.3 is 10.2 Å². The fourth-order valence-corrected chi connectivity index (χ4v) is 0.948. The lowest BCUT2D eigenvalue weighted by molar-refractivity contribution is -0.137. The molecular weight excluding hydrogens is 132 g/mol. The van der Waals surface area contributed by atoms with E-state index in [0.29, 0.717) is 12.8 Å². The molecule has 0 bridgehead atoms. The van der Waals surface area contributed by atoms with Crippen molar-refractivity contribution in [3.63, 3.8) is 0 Å². The molecule has 3 heteroatoms. The molecular formula is C7H10O3. The first-order chi connectivity index (χ1) is 4.69. The number of carbonyl (C=O) groups excluding carboxylic acids is 1. The predicted molar refractivity (Wildman–Crippen MR) is 35.4 cm³/mol. The molecule has 0 heterocycles. The van der Waals surface area contributed by atoms with Crippen LogP contribution in [-0.4, -0.2) is 28.2 Å². The molecule has 1 rings (SSSR count). The van der Waals surface area contributed by atoms with E-state index in [9.17, 15) is 9.90 Å². The fraction of sp³-hybridized carbons (Fsp3) is 0.571. The molecule has 0 aromatic carbocycles. The zero-order valence-corrected chi connectivity index (χ0v) is 5.58. The zero-order chi connectivity index (χ0) is 7.61. The lowest BCUT2D eigenvalue weighted by Crippen LogP contribution is -2.42. The minimum absolute atomic E-state index is 0.332. The fourth-order valence-electron chi connectivity index (χ4n) is 0.948. The third-order valence-electron chi connectivity index (χ3n) is 1.71. The summed E-state index contributed by atoms with van der Waals surface area (Å²) in [5.74, 6) is -0.388. The number of rotatable bonds is 1. The van der Waals surface area contributed by atoms with Crippen molar-refractivity contribution in [1.82, 2.24) is 0 Å². The number of allylic oxidation sites excluding steroid dienone is 1. The van der Waals surface area contributed by atoms with E-state index >= 15 is 0 Å². The summed E-state index contributed by atoms with van der Waals surface area (Å²) in [5, 5.41) is 17.9. The van der Waals surface area contributed by atoms with Gasteiger partial charge in [0.25, 0.3) is 0 Å². The lowest BCUT2D eigenvalue weighted by Gasteiger charge is -2.24. The van der Waals surface area contributed by atoms with Gasteiger partial charge in [0.2, 0.25) is 0 Å². The minimum atomic E-state index is -1.49. The van der Waals surface area contributed by atoms with E-state index in [1.807, 2.05) is 0 Å². The molecule has 0 saturated carbocycles. The molecule has 0 amide bonds. The van der Waals surface area contributed by atoms with E-state index in [4.69, 9.17) is 5.11 Å². The number of hydrogen-bond acceptors (Lipinski definition) is 3. The average Bonchev–Trinajstić information content (AvgIpc) is 1.96. The second kappa shape index (κ2) is 2.52. The van der Waals surface area contributed by atoms with Crippen LogP contribution >= 0.6 is 0 Å². The Hall–Kier alpha value is -0.670. The van der Waals surface area contributed by atoms with Gasteiger partial charge in [-0.25, -0.2) is 0 Å². The van der Waals surface area contributed by atoms with Crippen LogP contribution in [0.1, 0.15) is 12.8 Å².